The number of anilines is 1. The summed E-state index contributed by atoms with van der Waals surface area (Å²) in [5, 5.41) is 1.97. The molecule has 0 bridgehead atoms. The van der Waals surface area contributed by atoms with Gasteiger partial charge >= 0.3 is 29.6 Å². The number of amides is 4. The van der Waals surface area contributed by atoms with Gasteiger partial charge in [0.1, 0.15) is 12.6 Å². The molecule has 2 aromatic rings. The average molecular weight is 457 g/mol. The summed E-state index contributed by atoms with van der Waals surface area (Å²) < 4.78 is 33.4. The summed E-state index contributed by atoms with van der Waals surface area (Å²) in [5.41, 5.74) is 0.354. The van der Waals surface area contributed by atoms with Crippen LogP contribution in [0.1, 0.15) is 20.7 Å². The van der Waals surface area contributed by atoms with Gasteiger partial charge in [-0.1, -0.05) is 12.1 Å². The van der Waals surface area contributed by atoms with E-state index >= 15 is 0 Å². The first-order valence-electron chi connectivity index (χ1n) is 8.28. The summed E-state index contributed by atoms with van der Waals surface area (Å²) >= 11 is 1.11. The molecule has 1 fully saturated rings. The minimum Gasteiger partial charge on any atom is -0.731 e. The van der Waals surface area contributed by atoms with Crippen LogP contribution in [-0.2, 0) is 19.9 Å². The number of carbonyl (C=O) groups is 4. The third kappa shape index (κ3) is 3.70. The van der Waals surface area contributed by atoms with Crippen LogP contribution in [0, 0.1) is 0 Å². The Morgan fingerprint density at radius 3 is 2.17 bits per heavy atom. The molecule has 1 aromatic carbocycles. The zero-order valence-corrected chi connectivity index (χ0v) is 19.2. The van der Waals surface area contributed by atoms with Crippen molar-refractivity contribution in [1.29, 1.82) is 0 Å². The number of thiophene rings is 1. The van der Waals surface area contributed by atoms with Gasteiger partial charge in [0.15, 0.2) is 10.3 Å². The molecule has 4 amide bonds. The Kier molecular flexibility index (Phi) is 6.18. The molecule has 0 radical (unpaired) electrons. The van der Waals surface area contributed by atoms with Crippen LogP contribution in [0.15, 0.2) is 41.8 Å². The van der Waals surface area contributed by atoms with Gasteiger partial charge in [-0.05, 0) is 29.6 Å². The quantitative estimate of drug-likeness (QED) is 0.203. The molecule has 150 valence electrons. The van der Waals surface area contributed by atoms with Gasteiger partial charge < -0.3 is 4.55 Å². The molecule has 0 N–H and O–H groups in total. The fourth-order valence-corrected chi connectivity index (χ4v) is 4.69. The van der Waals surface area contributed by atoms with Crippen molar-refractivity contribution in [2.24, 2.45) is 0 Å². The number of carbonyl (C=O) groups excluding carboxylic acids is 4. The summed E-state index contributed by atoms with van der Waals surface area (Å²) in [6.45, 7) is -1.12. The van der Waals surface area contributed by atoms with E-state index in [-0.39, 0.29) is 45.0 Å². The predicted molar refractivity (Wildman–Crippen MR) is 98.8 cm³/mol. The molecule has 1 atom stereocenters. The number of hydrogen-bond acceptors (Lipinski definition) is 8. The first kappa shape index (κ1) is 22.6. The van der Waals surface area contributed by atoms with Gasteiger partial charge in [0.2, 0.25) is 5.91 Å². The number of hydrogen-bond donors (Lipinski definition) is 0. The Bertz CT molecular complexity index is 1110. The van der Waals surface area contributed by atoms with Crippen LogP contribution in [0.5, 0.6) is 0 Å². The summed E-state index contributed by atoms with van der Waals surface area (Å²) in [4.78, 5) is 52.0. The second-order valence-electron chi connectivity index (χ2n) is 6.30. The van der Waals surface area contributed by atoms with Crippen LogP contribution in [-0.4, -0.2) is 64.9 Å². The minimum atomic E-state index is -4.97. The van der Waals surface area contributed by atoms with Gasteiger partial charge in [-0.3, -0.25) is 29.0 Å². The molecule has 10 nitrogen and oxygen atoms in total. The molecule has 1 aromatic heterocycles. The third-order valence-corrected chi connectivity index (χ3v) is 6.37. The van der Waals surface area contributed by atoms with E-state index in [2.05, 4.69) is 0 Å². The molecule has 1 saturated heterocycles. The maximum atomic E-state index is 13.0. The fraction of sp³-hybridized carbons (Fsp3) is 0.176. The molecule has 2 aliphatic heterocycles. The number of benzene rings is 1. The van der Waals surface area contributed by atoms with Crippen molar-refractivity contribution in [1.82, 2.24) is 9.21 Å². The second-order valence-corrected chi connectivity index (χ2v) is 8.52. The van der Waals surface area contributed by atoms with Crippen molar-refractivity contribution in [2.45, 2.75) is 6.04 Å². The molecule has 30 heavy (non-hydrogen) atoms. The number of rotatable bonds is 5. The van der Waals surface area contributed by atoms with Crippen LogP contribution in [0.25, 0.3) is 0 Å². The van der Waals surface area contributed by atoms with E-state index in [4.69, 9.17) is 0 Å². The molecule has 13 heteroatoms. The molecule has 4 rings (SSSR count). The Labute approximate surface area is 197 Å². The first-order valence-corrected chi connectivity index (χ1v) is 10.5. The number of fused-ring (bicyclic) bond motifs is 1. The Morgan fingerprint density at radius 2 is 1.70 bits per heavy atom. The average Bonchev–Trinajstić information content (AvgIpc) is 3.27. The van der Waals surface area contributed by atoms with E-state index in [0.717, 1.165) is 21.1 Å². The summed E-state index contributed by atoms with van der Waals surface area (Å²) in [7, 11) is -4.97. The van der Waals surface area contributed by atoms with Crippen LogP contribution in [0.3, 0.4) is 0 Å². The van der Waals surface area contributed by atoms with Gasteiger partial charge in [-0.15, -0.1) is 11.3 Å². The van der Waals surface area contributed by atoms with Crippen molar-refractivity contribution in [3.8, 4) is 0 Å². The molecule has 2 aliphatic rings. The second kappa shape index (κ2) is 8.21. The van der Waals surface area contributed by atoms with E-state index in [0.29, 0.717) is 5.00 Å². The Morgan fingerprint density at radius 1 is 1.10 bits per heavy atom. The third-order valence-electron chi connectivity index (χ3n) is 4.64. The van der Waals surface area contributed by atoms with Crippen molar-refractivity contribution in [3.05, 3.63) is 52.9 Å². The Hall–Kier alpha value is -2.09. The van der Waals surface area contributed by atoms with Crippen molar-refractivity contribution >= 4 is 50.3 Å². The fourth-order valence-electron chi connectivity index (χ4n) is 3.22. The topological polar surface area (TPSA) is 135 Å². The maximum absolute atomic E-state index is 13.0. The van der Waals surface area contributed by atoms with Gasteiger partial charge in [0.25, 0.3) is 17.7 Å². The van der Waals surface area contributed by atoms with Crippen LogP contribution < -0.4 is 34.5 Å². The number of nitrogens with zero attached hydrogens (tertiary/aromatic N) is 3. The van der Waals surface area contributed by atoms with E-state index in [1.54, 1.807) is 23.6 Å². The molecule has 0 spiro atoms. The smallest absolute Gasteiger partial charge is 0.731 e. The molecule has 0 saturated carbocycles. The SMILES string of the molecule is O=C1c2ccccc2C(=O)N1CC(=O)N(c1cccs1)C1CN(S(=O)(=O)[O-])C1=O.[Na+]. The minimum absolute atomic E-state index is 0. The molecule has 1 unspecified atom stereocenters. The van der Waals surface area contributed by atoms with Gasteiger partial charge in [-0.2, -0.15) is 0 Å². The molecular formula is C17H12N3NaO7S2. The van der Waals surface area contributed by atoms with Crippen molar-refractivity contribution in [3.63, 3.8) is 0 Å². The van der Waals surface area contributed by atoms with E-state index in [9.17, 15) is 32.1 Å². The van der Waals surface area contributed by atoms with Crippen LogP contribution in [0.2, 0.25) is 0 Å². The first-order chi connectivity index (χ1) is 13.7. The number of imide groups is 1. The summed E-state index contributed by atoms with van der Waals surface area (Å²) in [6.07, 6.45) is 0. The zero-order valence-electron chi connectivity index (χ0n) is 15.5. The normalized spacial score (nSPS) is 18.0. The summed E-state index contributed by atoms with van der Waals surface area (Å²) in [6, 6.07) is 8.09. The predicted octanol–water partition coefficient (Wildman–Crippen LogP) is -2.95. The van der Waals surface area contributed by atoms with Crippen molar-refractivity contribution < 1.29 is 61.7 Å². The monoisotopic (exact) mass is 457 g/mol. The molecular weight excluding hydrogens is 445 g/mol. The largest absolute Gasteiger partial charge is 1.00 e. The maximum Gasteiger partial charge on any atom is 1.00 e. The van der Waals surface area contributed by atoms with E-state index < -0.39 is 53.1 Å². The number of β-lactam (4-membered cyclic amide) rings is 1. The Balaban J connectivity index is 0.00000256. The van der Waals surface area contributed by atoms with Crippen molar-refractivity contribution in [2.75, 3.05) is 18.0 Å². The van der Waals surface area contributed by atoms with Crippen LogP contribution >= 0.6 is 11.3 Å². The van der Waals surface area contributed by atoms with E-state index in [1.807, 2.05) is 0 Å². The van der Waals surface area contributed by atoms with E-state index in [1.165, 1.54) is 18.2 Å². The van der Waals surface area contributed by atoms with Gasteiger partial charge in [0, 0.05) is 0 Å². The summed E-state index contributed by atoms with van der Waals surface area (Å²) in [5.74, 6) is -3.05. The molecule has 0 aliphatic carbocycles. The zero-order chi connectivity index (χ0) is 20.9. The van der Waals surface area contributed by atoms with Crippen LogP contribution in [0.4, 0.5) is 5.00 Å². The van der Waals surface area contributed by atoms with Gasteiger partial charge in [0.05, 0.1) is 22.7 Å². The standard InChI is InChI=1S/C17H13N3O7S2.Na/c21-13(9-18-15(22)10-4-1-2-5-11(10)16(18)23)20(14-6-3-7-28-14)12-8-19(17(12)24)29(25,26)27;/h1-7,12H,8-9H2,(H,25,26,27);/q;+1/p-1. The molecule has 3 heterocycles. The van der Waals surface area contributed by atoms with Gasteiger partial charge in [-0.25, -0.2) is 12.7 Å².